The molecule has 0 saturated heterocycles. The first kappa shape index (κ1) is 17.5. The molecule has 18 heavy (non-hydrogen) atoms. The van der Waals surface area contributed by atoms with Crippen LogP contribution in [-0.4, -0.2) is 11.5 Å². The van der Waals surface area contributed by atoms with E-state index >= 15 is 0 Å². The Morgan fingerprint density at radius 3 is 2.44 bits per heavy atom. The summed E-state index contributed by atoms with van der Waals surface area (Å²) in [6, 6.07) is 1.19. The number of rotatable bonds is 0. The summed E-state index contributed by atoms with van der Waals surface area (Å²) in [4.78, 5) is 3.98. The Bertz CT molecular complexity index is 419. The van der Waals surface area contributed by atoms with Crippen molar-refractivity contribution < 1.29 is 13.2 Å². The molecule has 2 nitrogen and oxygen atoms in total. The minimum atomic E-state index is -4.32. The molecule has 1 aromatic rings. The van der Waals surface area contributed by atoms with Gasteiger partial charge in [-0.15, -0.1) is 24.8 Å². The van der Waals surface area contributed by atoms with Gasteiger partial charge in [-0.1, -0.05) is 13.8 Å². The predicted molar refractivity (Wildman–Crippen MR) is 68.5 cm³/mol. The lowest BCUT2D eigenvalue weighted by molar-refractivity contribution is -0.137. The lowest BCUT2D eigenvalue weighted by Gasteiger charge is -2.32. The van der Waals surface area contributed by atoms with E-state index in [1.165, 1.54) is 6.07 Å². The van der Waals surface area contributed by atoms with Crippen LogP contribution in [0.15, 0.2) is 12.3 Å². The smallest absolute Gasteiger partial charge is 0.312 e. The molecule has 7 heteroatoms. The van der Waals surface area contributed by atoms with Gasteiger partial charge < -0.3 is 5.32 Å². The van der Waals surface area contributed by atoms with Crippen molar-refractivity contribution in [1.82, 2.24) is 10.3 Å². The predicted octanol–water partition coefficient (Wildman–Crippen LogP) is 3.32. The molecule has 0 aromatic carbocycles. The van der Waals surface area contributed by atoms with E-state index in [1.807, 2.05) is 13.8 Å². The number of nitrogens with zero attached hydrogens (tertiary/aromatic N) is 1. The highest BCUT2D eigenvalue weighted by Gasteiger charge is 2.34. The summed E-state index contributed by atoms with van der Waals surface area (Å²) in [7, 11) is 0. The molecular formula is C11H15Cl2F3N2. The van der Waals surface area contributed by atoms with Crippen LogP contribution < -0.4 is 5.32 Å². The fraction of sp³-hybridized carbons (Fsp3) is 0.545. The summed E-state index contributed by atoms with van der Waals surface area (Å²) in [5.41, 5.74) is 0.522. The van der Waals surface area contributed by atoms with Gasteiger partial charge in [0.2, 0.25) is 0 Å². The van der Waals surface area contributed by atoms with Crippen LogP contribution in [0.2, 0.25) is 0 Å². The maximum absolute atomic E-state index is 12.5. The zero-order valence-electron chi connectivity index (χ0n) is 9.97. The maximum Gasteiger partial charge on any atom is 0.417 e. The molecule has 1 aromatic heterocycles. The van der Waals surface area contributed by atoms with Gasteiger partial charge in [-0.25, -0.2) is 0 Å². The standard InChI is InChI=1S/C11H13F3N2.2ClH/c1-10(2)6-15-4-7-3-8(11(12,13)14)5-16-9(7)10;;/h3,5,15H,4,6H2,1-2H3;2*1H. The van der Waals surface area contributed by atoms with Crippen molar-refractivity contribution in [2.24, 2.45) is 0 Å². The van der Waals surface area contributed by atoms with E-state index in [2.05, 4.69) is 10.3 Å². The van der Waals surface area contributed by atoms with Gasteiger partial charge in [0.05, 0.1) is 11.3 Å². The van der Waals surface area contributed by atoms with Gasteiger partial charge >= 0.3 is 6.18 Å². The molecule has 0 atom stereocenters. The number of fused-ring (bicyclic) bond motifs is 1. The molecular weight excluding hydrogens is 288 g/mol. The third kappa shape index (κ3) is 3.28. The number of halogens is 5. The second-order valence-corrected chi connectivity index (χ2v) is 4.72. The Hall–Kier alpha value is -0.520. The molecule has 104 valence electrons. The van der Waals surface area contributed by atoms with Gasteiger partial charge in [-0.05, 0) is 11.6 Å². The van der Waals surface area contributed by atoms with Gasteiger partial charge in [0.15, 0.2) is 0 Å². The van der Waals surface area contributed by atoms with Gasteiger partial charge in [0.25, 0.3) is 0 Å². The average Bonchev–Trinajstić information content (AvgIpc) is 2.15. The second kappa shape index (κ2) is 5.63. The lowest BCUT2D eigenvalue weighted by atomic mass is 9.83. The van der Waals surface area contributed by atoms with E-state index in [-0.39, 0.29) is 30.2 Å². The molecule has 2 heterocycles. The van der Waals surface area contributed by atoms with Gasteiger partial charge in [0, 0.05) is 24.7 Å². The molecule has 0 spiro atoms. The molecule has 0 fully saturated rings. The number of alkyl halides is 3. The van der Waals surface area contributed by atoms with Gasteiger partial charge in [-0.2, -0.15) is 13.2 Å². The number of hydrogen-bond donors (Lipinski definition) is 1. The van der Waals surface area contributed by atoms with Crippen molar-refractivity contribution in [2.45, 2.75) is 32.0 Å². The van der Waals surface area contributed by atoms with Crippen molar-refractivity contribution in [1.29, 1.82) is 0 Å². The van der Waals surface area contributed by atoms with Crippen LogP contribution in [0.4, 0.5) is 13.2 Å². The zero-order valence-corrected chi connectivity index (χ0v) is 11.6. The molecule has 1 aliphatic heterocycles. The second-order valence-electron chi connectivity index (χ2n) is 4.72. The van der Waals surface area contributed by atoms with Crippen molar-refractivity contribution >= 4 is 24.8 Å². The highest BCUT2D eigenvalue weighted by molar-refractivity contribution is 5.85. The van der Waals surface area contributed by atoms with E-state index in [4.69, 9.17) is 0 Å². The molecule has 0 bridgehead atoms. The number of hydrogen-bond acceptors (Lipinski definition) is 2. The third-order valence-corrected chi connectivity index (χ3v) is 2.82. The van der Waals surface area contributed by atoms with Crippen molar-refractivity contribution in [3.8, 4) is 0 Å². The Morgan fingerprint density at radius 1 is 1.28 bits per heavy atom. The van der Waals surface area contributed by atoms with Crippen LogP contribution in [0, 0.1) is 0 Å². The van der Waals surface area contributed by atoms with Crippen molar-refractivity contribution in [3.05, 3.63) is 29.1 Å². The highest BCUT2D eigenvalue weighted by Crippen LogP contribution is 2.33. The zero-order chi connectivity index (χ0) is 12.0. The monoisotopic (exact) mass is 302 g/mol. The molecule has 0 radical (unpaired) electrons. The Morgan fingerprint density at radius 2 is 1.89 bits per heavy atom. The molecule has 0 saturated carbocycles. The summed E-state index contributed by atoms with van der Waals surface area (Å²) in [5.74, 6) is 0. The molecule has 2 rings (SSSR count). The summed E-state index contributed by atoms with van der Waals surface area (Å²) in [5, 5.41) is 3.10. The van der Waals surface area contributed by atoms with Crippen LogP contribution in [0.5, 0.6) is 0 Å². The molecule has 1 N–H and O–H groups in total. The fourth-order valence-electron chi connectivity index (χ4n) is 2.00. The van der Waals surface area contributed by atoms with Crippen LogP contribution in [-0.2, 0) is 18.1 Å². The van der Waals surface area contributed by atoms with E-state index in [9.17, 15) is 13.2 Å². The van der Waals surface area contributed by atoms with E-state index in [0.717, 1.165) is 18.4 Å². The summed E-state index contributed by atoms with van der Waals surface area (Å²) >= 11 is 0. The molecule has 0 unspecified atom stereocenters. The number of nitrogens with one attached hydrogen (secondary N) is 1. The SMILES string of the molecule is CC1(C)CNCc2cc(C(F)(F)F)cnc21.Cl.Cl. The third-order valence-electron chi connectivity index (χ3n) is 2.82. The quantitative estimate of drug-likeness (QED) is 0.795. The minimum absolute atomic E-state index is 0. The Kier molecular flexibility index (Phi) is 5.47. The first-order valence-corrected chi connectivity index (χ1v) is 5.08. The van der Waals surface area contributed by atoms with E-state index in [0.29, 0.717) is 12.1 Å². The minimum Gasteiger partial charge on any atom is -0.312 e. The van der Waals surface area contributed by atoms with Crippen LogP contribution >= 0.6 is 24.8 Å². The molecule has 0 amide bonds. The maximum atomic E-state index is 12.5. The van der Waals surface area contributed by atoms with Crippen molar-refractivity contribution in [2.75, 3.05) is 6.54 Å². The first-order chi connectivity index (χ1) is 7.31. The average molecular weight is 303 g/mol. The number of aromatic nitrogens is 1. The molecule has 0 aliphatic carbocycles. The summed E-state index contributed by atoms with van der Waals surface area (Å²) < 4.78 is 37.5. The Balaban J connectivity index is 0.00000144. The largest absolute Gasteiger partial charge is 0.417 e. The summed E-state index contributed by atoms with van der Waals surface area (Å²) in [6.07, 6.45) is -3.39. The number of pyridine rings is 1. The summed E-state index contributed by atoms with van der Waals surface area (Å²) in [6.45, 7) is 5.13. The van der Waals surface area contributed by atoms with Crippen LogP contribution in [0.25, 0.3) is 0 Å². The van der Waals surface area contributed by atoms with Gasteiger partial charge in [-0.3, -0.25) is 4.98 Å². The topological polar surface area (TPSA) is 24.9 Å². The van der Waals surface area contributed by atoms with E-state index < -0.39 is 11.7 Å². The fourth-order valence-corrected chi connectivity index (χ4v) is 2.00. The van der Waals surface area contributed by atoms with Crippen LogP contribution in [0.3, 0.4) is 0 Å². The normalized spacial score (nSPS) is 17.2. The Labute approximate surface area is 116 Å². The van der Waals surface area contributed by atoms with Crippen LogP contribution in [0.1, 0.15) is 30.7 Å². The van der Waals surface area contributed by atoms with Crippen molar-refractivity contribution in [3.63, 3.8) is 0 Å². The van der Waals surface area contributed by atoms with Gasteiger partial charge in [0.1, 0.15) is 0 Å². The highest BCUT2D eigenvalue weighted by atomic mass is 35.5. The molecule has 1 aliphatic rings. The first-order valence-electron chi connectivity index (χ1n) is 5.08. The lowest BCUT2D eigenvalue weighted by Crippen LogP contribution is -2.39. The van der Waals surface area contributed by atoms with E-state index in [1.54, 1.807) is 0 Å².